The number of methoxy groups -OCH3 is 1. The highest BCUT2D eigenvalue weighted by Crippen LogP contribution is 2.36. The summed E-state index contributed by atoms with van der Waals surface area (Å²) < 4.78 is 7.80. The molecule has 0 atom stereocenters. The lowest BCUT2D eigenvalue weighted by Gasteiger charge is -2.27. The second kappa shape index (κ2) is 11.0. The molecule has 2 aromatic heterocycles. The van der Waals surface area contributed by atoms with Crippen molar-refractivity contribution in [3.8, 4) is 28.1 Å². The minimum absolute atomic E-state index is 0.0354. The van der Waals surface area contributed by atoms with Gasteiger partial charge in [0.2, 0.25) is 0 Å². The van der Waals surface area contributed by atoms with E-state index in [9.17, 15) is 4.79 Å². The van der Waals surface area contributed by atoms with Crippen LogP contribution in [0.1, 0.15) is 34.8 Å². The van der Waals surface area contributed by atoms with Crippen molar-refractivity contribution in [3.63, 3.8) is 0 Å². The number of fused-ring (bicyclic) bond motifs is 2. The highest BCUT2D eigenvalue weighted by atomic mass is 127. The van der Waals surface area contributed by atoms with E-state index in [1.54, 1.807) is 21.1 Å². The number of benzene rings is 2. The number of carbonyl (C=O) groups excluding carboxylic acids is 1. The third-order valence-electron chi connectivity index (χ3n) is 6.89. The molecule has 7 nitrogen and oxygen atoms in total. The predicted molar refractivity (Wildman–Crippen MR) is 159 cm³/mol. The maximum absolute atomic E-state index is 12.7. The van der Waals surface area contributed by atoms with Crippen LogP contribution in [0, 0.1) is 0 Å². The Hall–Kier alpha value is -2.63. The van der Waals surface area contributed by atoms with Crippen LogP contribution in [0.15, 0.2) is 48.8 Å². The van der Waals surface area contributed by atoms with Gasteiger partial charge in [0, 0.05) is 85.5 Å². The van der Waals surface area contributed by atoms with Gasteiger partial charge >= 0.3 is 0 Å². The van der Waals surface area contributed by atoms with E-state index in [4.69, 9.17) is 14.7 Å². The number of hydrogen-bond donors (Lipinski definition) is 0. The van der Waals surface area contributed by atoms with Crippen LogP contribution in [0.5, 0.6) is 5.75 Å². The molecular weight excluding hydrogens is 597 g/mol. The second-order valence-electron chi connectivity index (χ2n) is 9.47. The molecule has 4 aromatic rings. The first-order chi connectivity index (χ1) is 17.9. The van der Waals surface area contributed by atoms with Gasteiger partial charge in [0.25, 0.3) is 5.91 Å². The fourth-order valence-corrected chi connectivity index (χ4v) is 6.16. The van der Waals surface area contributed by atoms with E-state index in [1.165, 1.54) is 11.1 Å². The van der Waals surface area contributed by atoms with Crippen molar-refractivity contribution in [1.29, 1.82) is 0 Å². The topological polar surface area (TPSA) is 63.5 Å². The Morgan fingerprint density at radius 2 is 2.00 bits per heavy atom. The predicted octanol–water partition coefficient (Wildman–Crippen LogP) is 6.09. The zero-order chi connectivity index (χ0) is 26.1. The maximum Gasteiger partial charge on any atom is 0.253 e. The summed E-state index contributed by atoms with van der Waals surface area (Å²) >= 11 is 2.26. The Morgan fingerprint density at radius 3 is 2.70 bits per heavy atom. The summed E-state index contributed by atoms with van der Waals surface area (Å²) in [5.74, 6) is 0.933. The molecule has 9 heteroatoms. The van der Waals surface area contributed by atoms with Crippen LogP contribution in [0.2, 0.25) is 0 Å². The molecule has 0 saturated heterocycles. The molecule has 0 N–H and O–H groups in total. The number of carbonyl (C=O) groups is 1. The summed E-state index contributed by atoms with van der Waals surface area (Å²) in [6.07, 6.45) is 5.82. The monoisotopic (exact) mass is 627 g/mol. The van der Waals surface area contributed by atoms with Gasteiger partial charge in [-0.05, 0) is 55.3 Å². The molecule has 1 aliphatic heterocycles. The van der Waals surface area contributed by atoms with Crippen molar-refractivity contribution in [2.45, 2.75) is 26.3 Å². The molecule has 0 unspecified atom stereocenters. The highest BCUT2D eigenvalue weighted by molar-refractivity contribution is 14.2. The summed E-state index contributed by atoms with van der Waals surface area (Å²) in [6, 6.07) is 12.1. The van der Waals surface area contributed by atoms with Gasteiger partial charge in [-0.2, -0.15) is 0 Å². The molecule has 1 aliphatic rings. The van der Waals surface area contributed by atoms with Crippen molar-refractivity contribution >= 4 is 47.4 Å². The first kappa shape index (κ1) is 26.0. The van der Waals surface area contributed by atoms with E-state index in [0.29, 0.717) is 5.56 Å². The minimum atomic E-state index is 0.0354. The summed E-state index contributed by atoms with van der Waals surface area (Å²) in [5.41, 5.74) is 8.71. The quantitative estimate of drug-likeness (QED) is 0.231. The van der Waals surface area contributed by atoms with Gasteiger partial charge in [0.15, 0.2) is 5.65 Å². The molecule has 3 heterocycles. The van der Waals surface area contributed by atoms with Gasteiger partial charge in [-0.1, -0.05) is 19.1 Å². The average Bonchev–Trinajstić information content (AvgIpc) is 3.30. The minimum Gasteiger partial charge on any atom is -0.496 e. The largest absolute Gasteiger partial charge is 0.496 e. The van der Waals surface area contributed by atoms with E-state index < -0.39 is 0 Å². The normalized spacial score (nSPS) is 13.5. The van der Waals surface area contributed by atoms with Crippen molar-refractivity contribution < 1.29 is 9.53 Å². The molecule has 5 rings (SSSR count). The van der Waals surface area contributed by atoms with Gasteiger partial charge in [-0.15, -0.1) is 0 Å². The van der Waals surface area contributed by atoms with E-state index >= 15 is 0 Å². The summed E-state index contributed by atoms with van der Waals surface area (Å²) in [5, 5.41) is 0. The van der Waals surface area contributed by atoms with Crippen LogP contribution >= 0.6 is 30.3 Å². The van der Waals surface area contributed by atoms with Gasteiger partial charge in [-0.3, -0.25) is 8.77 Å². The third kappa shape index (κ3) is 5.08. The summed E-state index contributed by atoms with van der Waals surface area (Å²) in [4.78, 5) is 26.7. The molecule has 0 aliphatic carbocycles. The van der Waals surface area contributed by atoms with Crippen LogP contribution in [-0.2, 0) is 13.0 Å². The van der Waals surface area contributed by atoms with Crippen molar-refractivity contribution in [1.82, 2.24) is 23.7 Å². The number of rotatable bonds is 7. The average molecular weight is 628 g/mol. The SMILES string of the molecule is CCCN(C)C(=O)c1ccc(-c2cn(SI)c3ncc(-c4cc5c(c(OC)c4)CN(C)CC5)nc23)cc1. The number of amides is 1. The molecule has 0 radical (unpaired) electrons. The lowest BCUT2D eigenvalue weighted by molar-refractivity contribution is 0.0795. The maximum atomic E-state index is 12.7. The lowest BCUT2D eigenvalue weighted by Crippen LogP contribution is -2.27. The molecule has 37 heavy (non-hydrogen) atoms. The first-order valence-electron chi connectivity index (χ1n) is 12.3. The summed E-state index contributed by atoms with van der Waals surface area (Å²) in [6.45, 7) is 4.72. The van der Waals surface area contributed by atoms with Crippen LogP contribution in [0.4, 0.5) is 0 Å². The Balaban J connectivity index is 1.56. The van der Waals surface area contributed by atoms with Crippen LogP contribution in [0.3, 0.4) is 0 Å². The number of hydrogen-bond acceptors (Lipinski definition) is 6. The smallest absolute Gasteiger partial charge is 0.253 e. The highest BCUT2D eigenvalue weighted by Gasteiger charge is 2.21. The van der Waals surface area contributed by atoms with Crippen LogP contribution in [-0.4, -0.2) is 63.9 Å². The number of aromatic nitrogens is 3. The van der Waals surface area contributed by atoms with E-state index in [-0.39, 0.29) is 5.91 Å². The van der Waals surface area contributed by atoms with Gasteiger partial charge in [0.1, 0.15) is 11.3 Å². The van der Waals surface area contributed by atoms with Crippen LogP contribution < -0.4 is 4.74 Å². The third-order valence-corrected chi connectivity index (χ3v) is 8.59. The van der Waals surface area contributed by atoms with Crippen molar-refractivity contribution in [2.75, 3.05) is 34.3 Å². The first-order valence-corrected chi connectivity index (χ1v) is 15.7. The number of nitrogens with zero attached hydrogens (tertiary/aromatic N) is 5. The molecule has 0 saturated carbocycles. The zero-order valence-corrected chi connectivity index (χ0v) is 24.5. The molecule has 1 amide bonds. The fraction of sp³-hybridized carbons (Fsp3) is 0.321. The van der Waals surface area contributed by atoms with E-state index in [0.717, 1.165) is 71.8 Å². The van der Waals surface area contributed by atoms with E-state index in [2.05, 4.69) is 58.4 Å². The standard InChI is InChI=1S/C28H30IN5O2S/c1-5-11-33(3)28(35)19-8-6-18(7-9-19)23-17-34(37-29)27-26(23)31-24(15-30-27)21-13-20-10-12-32(2)16-22(20)25(14-21)36-4/h6-9,13-15,17H,5,10-12,16H2,1-4H3. The fourth-order valence-electron chi connectivity index (χ4n) is 4.91. The Morgan fingerprint density at radius 1 is 1.22 bits per heavy atom. The summed E-state index contributed by atoms with van der Waals surface area (Å²) in [7, 11) is 7.27. The van der Waals surface area contributed by atoms with Crippen LogP contribution in [0.25, 0.3) is 33.5 Å². The van der Waals surface area contributed by atoms with Gasteiger partial charge < -0.3 is 14.5 Å². The van der Waals surface area contributed by atoms with E-state index in [1.807, 2.05) is 41.5 Å². The lowest BCUT2D eigenvalue weighted by atomic mass is 9.95. The molecule has 2 aromatic carbocycles. The number of ether oxygens (including phenoxy) is 1. The Labute approximate surface area is 233 Å². The second-order valence-corrected chi connectivity index (χ2v) is 11.2. The van der Waals surface area contributed by atoms with Gasteiger partial charge in [0.05, 0.1) is 19.0 Å². The number of halogens is 1. The van der Waals surface area contributed by atoms with Gasteiger partial charge in [-0.25, -0.2) is 9.97 Å². The Kier molecular flexibility index (Phi) is 7.73. The molecular formula is C28H30IN5O2S. The Bertz CT molecular complexity index is 1440. The zero-order valence-electron chi connectivity index (χ0n) is 21.5. The molecule has 0 bridgehead atoms. The molecule has 0 spiro atoms. The number of likely N-dealkylation sites (N-methyl/N-ethyl adjacent to an activating group) is 1. The van der Waals surface area contributed by atoms with Crippen molar-refractivity contribution in [2.24, 2.45) is 0 Å². The molecule has 0 fully saturated rings. The van der Waals surface area contributed by atoms with Crippen molar-refractivity contribution in [3.05, 3.63) is 65.5 Å². The molecule has 192 valence electrons.